The molecule has 0 fully saturated rings. The maximum absolute atomic E-state index is 12.8. The number of carbonyl (C=O) groups excluding carboxylic acids is 3. The molecule has 0 saturated heterocycles. The fourth-order valence-corrected chi connectivity index (χ4v) is 6.23. The van der Waals surface area contributed by atoms with Gasteiger partial charge in [-0.1, -0.05) is 220 Å². The summed E-state index contributed by atoms with van der Waals surface area (Å²) in [7, 11) is 0. The van der Waals surface area contributed by atoms with Crippen LogP contribution in [0.15, 0.2) is 109 Å². The number of hydrogen-bond donors (Lipinski definition) is 0. The highest BCUT2D eigenvalue weighted by Gasteiger charge is 2.19. The van der Waals surface area contributed by atoms with Crippen LogP contribution in [0.1, 0.15) is 201 Å². The first kappa shape index (κ1) is 57.1. The van der Waals surface area contributed by atoms with Crippen LogP contribution in [-0.4, -0.2) is 37.2 Å². The molecule has 0 aliphatic carbocycles. The van der Waals surface area contributed by atoms with Crippen molar-refractivity contribution < 1.29 is 28.6 Å². The summed E-state index contributed by atoms with van der Waals surface area (Å²) in [5, 5.41) is 0. The van der Waals surface area contributed by atoms with Crippen molar-refractivity contribution in [2.45, 2.75) is 207 Å². The number of unbranched alkanes of at least 4 members (excludes halogenated alkanes) is 14. The van der Waals surface area contributed by atoms with Gasteiger partial charge in [-0.25, -0.2) is 0 Å². The predicted octanol–water partition coefficient (Wildman–Crippen LogP) is 16.0. The lowest BCUT2D eigenvalue weighted by Crippen LogP contribution is -2.30. The van der Waals surface area contributed by atoms with Gasteiger partial charge in [0.05, 0.1) is 6.42 Å². The Bertz CT molecular complexity index is 1290. The van der Waals surface area contributed by atoms with Crippen LogP contribution in [0.3, 0.4) is 0 Å². The van der Waals surface area contributed by atoms with Gasteiger partial charge in [-0.3, -0.25) is 14.4 Å². The molecule has 0 N–H and O–H groups in total. The fraction of sp³-hybridized carbons (Fsp3) is 0.618. The third-order valence-electron chi connectivity index (χ3n) is 9.82. The number of esters is 3. The zero-order chi connectivity index (χ0) is 44.4. The Morgan fingerprint density at radius 2 is 0.705 bits per heavy atom. The highest BCUT2D eigenvalue weighted by molar-refractivity contribution is 5.72. The van der Waals surface area contributed by atoms with Crippen LogP contribution >= 0.6 is 0 Å². The molecule has 0 aromatic rings. The SMILES string of the molecule is CC/C=C\C/C=C\C/C=C\C/C=C\C/C=C\CC(=O)OCC(COC(=O)CC/C=C\C/C=C\C/C=C\C/C=C\CC)OC(=O)CCCCCCCCCCCCCCCCC. The average molecular weight is 845 g/mol. The Labute approximate surface area is 374 Å². The smallest absolute Gasteiger partial charge is 0.309 e. The Hall–Kier alpha value is -3.93. The molecule has 1 atom stereocenters. The summed E-state index contributed by atoms with van der Waals surface area (Å²) >= 11 is 0. The van der Waals surface area contributed by atoms with E-state index >= 15 is 0 Å². The van der Waals surface area contributed by atoms with E-state index in [0.717, 1.165) is 77.0 Å². The van der Waals surface area contributed by atoms with Gasteiger partial charge in [-0.05, 0) is 70.6 Å². The number of allylic oxidation sites excluding steroid dienone is 17. The summed E-state index contributed by atoms with van der Waals surface area (Å²) in [4.78, 5) is 37.8. The molecular weight excluding hydrogens is 757 g/mol. The summed E-state index contributed by atoms with van der Waals surface area (Å²) in [5.74, 6) is -1.16. The zero-order valence-electron chi connectivity index (χ0n) is 39.1. The van der Waals surface area contributed by atoms with E-state index in [1.807, 2.05) is 18.2 Å². The highest BCUT2D eigenvalue weighted by Crippen LogP contribution is 2.14. The second-order valence-corrected chi connectivity index (χ2v) is 15.6. The maximum Gasteiger partial charge on any atom is 0.309 e. The maximum atomic E-state index is 12.8. The summed E-state index contributed by atoms with van der Waals surface area (Å²) in [6.07, 6.45) is 65.4. The number of rotatable bonds is 42. The van der Waals surface area contributed by atoms with Gasteiger partial charge in [0.2, 0.25) is 0 Å². The topological polar surface area (TPSA) is 78.9 Å². The lowest BCUT2D eigenvalue weighted by atomic mass is 10.0. The minimum absolute atomic E-state index is 0.113. The van der Waals surface area contributed by atoms with E-state index < -0.39 is 12.1 Å². The van der Waals surface area contributed by atoms with E-state index in [4.69, 9.17) is 14.2 Å². The van der Waals surface area contributed by atoms with Gasteiger partial charge in [0.1, 0.15) is 13.2 Å². The van der Waals surface area contributed by atoms with E-state index in [0.29, 0.717) is 12.8 Å². The van der Waals surface area contributed by atoms with E-state index in [1.54, 1.807) is 6.08 Å². The van der Waals surface area contributed by atoms with Crippen molar-refractivity contribution in [2.24, 2.45) is 0 Å². The first-order chi connectivity index (χ1) is 30.0. The molecule has 1 unspecified atom stereocenters. The number of ether oxygens (including phenoxy) is 3. The van der Waals surface area contributed by atoms with Crippen molar-refractivity contribution in [1.29, 1.82) is 0 Å². The monoisotopic (exact) mass is 845 g/mol. The van der Waals surface area contributed by atoms with Crippen LogP contribution in [-0.2, 0) is 28.6 Å². The fourth-order valence-electron chi connectivity index (χ4n) is 6.23. The van der Waals surface area contributed by atoms with Gasteiger partial charge in [-0.15, -0.1) is 0 Å². The molecule has 0 radical (unpaired) electrons. The largest absolute Gasteiger partial charge is 0.462 e. The van der Waals surface area contributed by atoms with Gasteiger partial charge < -0.3 is 14.2 Å². The second kappa shape index (κ2) is 48.7. The van der Waals surface area contributed by atoms with Crippen molar-refractivity contribution in [3.8, 4) is 0 Å². The molecule has 0 heterocycles. The number of hydrogen-bond acceptors (Lipinski definition) is 6. The van der Waals surface area contributed by atoms with Crippen molar-refractivity contribution in [1.82, 2.24) is 0 Å². The Balaban J connectivity index is 4.60. The van der Waals surface area contributed by atoms with E-state index in [1.165, 1.54) is 77.0 Å². The normalized spacial score (nSPS) is 13.0. The molecule has 0 aromatic heterocycles. The molecule has 61 heavy (non-hydrogen) atoms. The van der Waals surface area contributed by atoms with Gasteiger partial charge in [0, 0.05) is 12.8 Å². The van der Waals surface area contributed by atoms with E-state index in [2.05, 4.69) is 106 Å². The molecule has 0 spiro atoms. The second-order valence-electron chi connectivity index (χ2n) is 15.6. The summed E-state index contributed by atoms with van der Waals surface area (Å²) < 4.78 is 16.6. The minimum atomic E-state index is -0.845. The van der Waals surface area contributed by atoms with E-state index in [9.17, 15) is 14.4 Å². The predicted molar refractivity (Wildman–Crippen MR) is 260 cm³/mol. The van der Waals surface area contributed by atoms with Crippen molar-refractivity contribution in [3.63, 3.8) is 0 Å². The molecule has 0 rings (SSSR count). The molecule has 6 nitrogen and oxygen atoms in total. The molecule has 344 valence electrons. The van der Waals surface area contributed by atoms with Gasteiger partial charge >= 0.3 is 17.9 Å². The highest BCUT2D eigenvalue weighted by atomic mass is 16.6. The third kappa shape index (κ3) is 47.0. The van der Waals surface area contributed by atoms with Crippen molar-refractivity contribution >= 4 is 17.9 Å². The van der Waals surface area contributed by atoms with Crippen LogP contribution < -0.4 is 0 Å². The van der Waals surface area contributed by atoms with Gasteiger partial charge in [0.25, 0.3) is 0 Å². The number of carbonyl (C=O) groups is 3. The molecule has 0 aliphatic rings. The average Bonchev–Trinajstić information content (AvgIpc) is 3.26. The summed E-state index contributed by atoms with van der Waals surface area (Å²) in [6, 6.07) is 0. The third-order valence-corrected chi connectivity index (χ3v) is 9.82. The van der Waals surface area contributed by atoms with Crippen LogP contribution in [0.5, 0.6) is 0 Å². The molecular formula is C55H88O6. The zero-order valence-corrected chi connectivity index (χ0v) is 39.1. The van der Waals surface area contributed by atoms with Crippen LogP contribution in [0.4, 0.5) is 0 Å². The van der Waals surface area contributed by atoms with Crippen LogP contribution in [0.2, 0.25) is 0 Å². The minimum Gasteiger partial charge on any atom is -0.462 e. The van der Waals surface area contributed by atoms with Crippen LogP contribution in [0, 0.1) is 0 Å². The lowest BCUT2D eigenvalue weighted by Gasteiger charge is -2.18. The van der Waals surface area contributed by atoms with Crippen molar-refractivity contribution in [2.75, 3.05) is 13.2 Å². The quantitative estimate of drug-likeness (QED) is 0.0264. The molecule has 6 heteroatoms. The molecule has 0 amide bonds. The molecule has 0 bridgehead atoms. The van der Waals surface area contributed by atoms with Gasteiger partial charge in [-0.2, -0.15) is 0 Å². The Morgan fingerprint density at radius 1 is 0.361 bits per heavy atom. The summed E-state index contributed by atoms with van der Waals surface area (Å²) in [6.45, 7) is 6.24. The molecule has 0 aliphatic heterocycles. The van der Waals surface area contributed by atoms with Gasteiger partial charge in [0.15, 0.2) is 6.10 Å². The summed E-state index contributed by atoms with van der Waals surface area (Å²) in [5.41, 5.74) is 0. The Kier molecular flexibility index (Phi) is 45.6. The standard InChI is InChI=1S/C55H88O6/c1-4-7-10-13-16-19-22-25-27-30-33-36-39-42-45-48-54(57)60-51-52(50-59-53(56)47-44-41-38-35-32-29-24-21-18-15-12-9-6-3)61-55(58)49-46-43-40-37-34-31-28-26-23-20-17-14-11-8-5-2/h7,9-10,12,16,18-19,21,25,27,29,32-33,36,38,41-42,45,52H,4-6,8,11,13-15,17,20,22-24,26,28,30-31,34-35,37,39-40,43-44,46-51H2,1-3H3/b10-7-,12-9-,19-16-,21-18-,27-25-,32-29-,36-33-,41-38-,45-42-. The molecule has 0 saturated carbocycles. The molecule has 0 aromatic carbocycles. The van der Waals surface area contributed by atoms with Crippen molar-refractivity contribution in [3.05, 3.63) is 109 Å². The lowest BCUT2D eigenvalue weighted by molar-refractivity contribution is -0.166. The Morgan fingerprint density at radius 3 is 1.11 bits per heavy atom. The van der Waals surface area contributed by atoms with E-state index in [-0.39, 0.29) is 38.0 Å². The van der Waals surface area contributed by atoms with Crippen LogP contribution in [0.25, 0.3) is 0 Å². The first-order valence-electron chi connectivity index (χ1n) is 24.4. The first-order valence-corrected chi connectivity index (χ1v) is 24.4.